The van der Waals surface area contributed by atoms with Gasteiger partial charge in [0.2, 0.25) is 0 Å². The number of ketones is 2. The number of methoxy groups -OCH3 is 2. The molecule has 0 aliphatic rings. The number of Topliss-reactive ketones (excluding diaryl/α,β-unsaturated/α-hetero) is 2. The van der Waals surface area contributed by atoms with Crippen LogP contribution >= 0.6 is 0 Å². The highest BCUT2D eigenvalue weighted by atomic mass is 16.5. The Balaban J connectivity index is 2.23. The molecule has 0 saturated heterocycles. The number of ether oxygens (including phenoxy) is 2. The second-order valence-corrected chi connectivity index (χ2v) is 4.83. The summed E-state index contributed by atoms with van der Waals surface area (Å²) in [7, 11) is 2.92. The van der Waals surface area contributed by atoms with Crippen LogP contribution in [0.2, 0.25) is 0 Å². The summed E-state index contributed by atoms with van der Waals surface area (Å²) in [6.45, 7) is 0. The second-order valence-electron chi connectivity index (χ2n) is 4.83. The molecule has 0 amide bonds. The summed E-state index contributed by atoms with van der Waals surface area (Å²) < 4.78 is 10.2. The van der Waals surface area contributed by atoms with Gasteiger partial charge in [0.25, 0.3) is 0 Å². The molecule has 2 rings (SSSR count). The molecule has 2 aromatic rings. The molecule has 6 heteroatoms. The normalized spacial score (nSPS) is 10.2. The molecule has 0 spiro atoms. The molecule has 2 aromatic carbocycles. The zero-order chi connectivity index (χ0) is 17.0. The van der Waals surface area contributed by atoms with Crippen LogP contribution in [0.25, 0.3) is 0 Å². The van der Waals surface area contributed by atoms with Gasteiger partial charge in [-0.05, 0) is 24.3 Å². The van der Waals surface area contributed by atoms with Gasteiger partial charge in [-0.3, -0.25) is 9.59 Å². The average molecular weight is 316 g/mol. The Hall–Kier alpha value is -3.02. The van der Waals surface area contributed by atoms with E-state index in [0.29, 0.717) is 11.5 Å². The summed E-state index contributed by atoms with van der Waals surface area (Å²) in [6, 6.07) is 8.22. The van der Waals surface area contributed by atoms with Crippen LogP contribution in [0.5, 0.6) is 23.0 Å². The minimum Gasteiger partial charge on any atom is -0.508 e. The Labute approximate surface area is 132 Å². The quantitative estimate of drug-likeness (QED) is 0.628. The Morgan fingerprint density at radius 2 is 1.52 bits per heavy atom. The molecule has 120 valence electrons. The van der Waals surface area contributed by atoms with Crippen molar-refractivity contribution in [1.82, 2.24) is 0 Å². The van der Waals surface area contributed by atoms with E-state index in [1.165, 1.54) is 38.5 Å². The number of phenolic OH excluding ortho intramolecular Hbond substituents is 2. The van der Waals surface area contributed by atoms with Crippen LogP contribution < -0.4 is 9.47 Å². The topological polar surface area (TPSA) is 93.1 Å². The molecule has 0 aromatic heterocycles. The predicted molar refractivity (Wildman–Crippen MR) is 82.6 cm³/mol. The molecule has 0 bridgehead atoms. The van der Waals surface area contributed by atoms with E-state index >= 15 is 0 Å². The molecule has 2 N–H and O–H groups in total. The molecule has 0 heterocycles. The molecule has 0 aliphatic carbocycles. The van der Waals surface area contributed by atoms with Gasteiger partial charge in [0.05, 0.1) is 26.2 Å². The third-order valence-electron chi connectivity index (χ3n) is 3.28. The molecule has 0 radical (unpaired) electrons. The van der Waals surface area contributed by atoms with E-state index in [1.54, 1.807) is 6.07 Å². The molecule has 23 heavy (non-hydrogen) atoms. The highest BCUT2D eigenvalue weighted by Gasteiger charge is 2.18. The monoisotopic (exact) mass is 316 g/mol. The van der Waals surface area contributed by atoms with Crippen molar-refractivity contribution in [2.45, 2.75) is 6.42 Å². The summed E-state index contributed by atoms with van der Waals surface area (Å²) >= 11 is 0. The number of benzene rings is 2. The van der Waals surface area contributed by atoms with E-state index in [-0.39, 0.29) is 22.6 Å². The first-order valence-electron chi connectivity index (χ1n) is 6.76. The van der Waals surface area contributed by atoms with Crippen LogP contribution in [0.1, 0.15) is 27.1 Å². The minimum atomic E-state index is -0.547. The Morgan fingerprint density at radius 1 is 0.913 bits per heavy atom. The van der Waals surface area contributed by atoms with Crippen molar-refractivity contribution in [3.63, 3.8) is 0 Å². The van der Waals surface area contributed by atoms with Crippen LogP contribution in [-0.4, -0.2) is 36.0 Å². The highest BCUT2D eigenvalue weighted by molar-refractivity contribution is 6.14. The Morgan fingerprint density at radius 3 is 2.04 bits per heavy atom. The van der Waals surface area contributed by atoms with Crippen LogP contribution in [0.15, 0.2) is 36.4 Å². The largest absolute Gasteiger partial charge is 0.508 e. The Kier molecular flexibility index (Phi) is 4.85. The van der Waals surface area contributed by atoms with E-state index in [2.05, 4.69) is 0 Å². The van der Waals surface area contributed by atoms with Gasteiger partial charge < -0.3 is 19.7 Å². The van der Waals surface area contributed by atoms with Gasteiger partial charge in [-0.2, -0.15) is 0 Å². The maximum atomic E-state index is 12.3. The molecule has 0 fully saturated rings. The zero-order valence-electron chi connectivity index (χ0n) is 12.7. The van der Waals surface area contributed by atoms with Gasteiger partial charge in [0.1, 0.15) is 23.0 Å². The smallest absolute Gasteiger partial charge is 0.174 e. The highest BCUT2D eigenvalue weighted by Crippen LogP contribution is 2.26. The fourth-order valence-corrected chi connectivity index (χ4v) is 2.07. The summed E-state index contributed by atoms with van der Waals surface area (Å²) in [6.07, 6.45) is -0.422. The minimum absolute atomic E-state index is 0.0222. The third kappa shape index (κ3) is 3.79. The number of aromatic hydroxyl groups is 2. The van der Waals surface area contributed by atoms with Crippen molar-refractivity contribution in [2.75, 3.05) is 14.2 Å². The fourth-order valence-electron chi connectivity index (χ4n) is 2.07. The van der Waals surface area contributed by atoms with Crippen LogP contribution in [0.4, 0.5) is 0 Å². The molecule has 0 saturated carbocycles. The number of hydrogen-bond acceptors (Lipinski definition) is 6. The van der Waals surface area contributed by atoms with Gasteiger partial charge in [-0.25, -0.2) is 0 Å². The van der Waals surface area contributed by atoms with Gasteiger partial charge in [-0.15, -0.1) is 0 Å². The molecule has 6 nitrogen and oxygen atoms in total. The van der Waals surface area contributed by atoms with Crippen LogP contribution in [0, 0.1) is 0 Å². The lowest BCUT2D eigenvalue weighted by atomic mass is 10.0. The van der Waals surface area contributed by atoms with Gasteiger partial charge in [-0.1, -0.05) is 0 Å². The first-order chi connectivity index (χ1) is 10.9. The van der Waals surface area contributed by atoms with Gasteiger partial charge in [0, 0.05) is 17.7 Å². The first-order valence-corrected chi connectivity index (χ1v) is 6.76. The molecular formula is C17H16O6. The van der Waals surface area contributed by atoms with E-state index in [4.69, 9.17) is 9.47 Å². The molecule has 0 aliphatic heterocycles. The second kappa shape index (κ2) is 6.83. The Bertz CT molecular complexity index is 728. The number of carbonyl (C=O) groups excluding carboxylic acids is 2. The number of phenols is 2. The number of rotatable bonds is 6. The van der Waals surface area contributed by atoms with Crippen LogP contribution in [0.3, 0.4) is 0 Å². The van der Waals surface area contributed by atoms with Crippen molar-refractivity contribution in [3.05, 3.63) is 47.5 Å². The van der Waals surface area contributed by atoms with Crippen molar-refractivity contribution in [1.29, 1.82) is 0 Å². The maximum absolute atomic E-state index is 12.3. The summed E-state index contributed by atoms with van der Waals surface area (Å²) in [5, 5.41) is 18.9. The van der Waals surface area contributed by atoms with Gasteiger partial charge in [0.15, 0.2) is 11.6 Å². The van der Waals surface area contributed by atoms with E-state index in [0.717, 1.165) is 6.07 Å². The summed E-state index contributed by atoms with van der Waals surface area (Å²) in [5.41, 5.74) is 0.249. The standard InChI is InChI=1S/C17H16O6/c1-22-12-5-10(6-13(8-12)23-2)15(19)9-17(21)14-4-3-11(18)7-16(14)20/h3-8,18,20H,9H2,1-2H3. The first kappa shape index (κ1) is 16.4. The van der Waals surface area contributed by atoms with Gasteiger partial charge >= 0.3 is 0 Å². The van der Waals surface area contributed by atoms with E-state index in [9.17, 15) is 19.8 Å². The summed E-state index contributed by atoms with van der Waals surface area (Å²) in [5.74, 6) is -0.636. The van der Waals surface area contributed by atoms with Crippen LogP contribution in [-0.2, 0) is 0 Å². The lowest BCUT2D eigenvalue weighted by molar-refractivity contribution is 0.0892. The number of hydrogen-bond donors (Lipinski definition) is 2. The maximum Gasteiger partial charge on any atom is 0.174 e. The van der Waals surface area contributed by atoms with Crippen molar-refractivity contribution < 1.29 is 29.3 Å². The van der Waals surface area contributed by atoms with Crippen molar-refractivity contribution >= 4 is 11.6 Å². The predicted octanol–water partition coefficient (Wildman–Crippen LogP) is 2.57. The SMILES string of the molecule is COc1cc(OC)cc(C(=O)CC(=O)c2ccc(O)cc2O)c1. The third-order valence-corrected chi connectivity index (χ3v) is 3.28. The summed E-state index contributed by atoms with van der Waals surface area (Å²) in [4.78, 5) is 24.4. The van der Waals surface area contributed by atoms with E-state index < -0.39 is 18.0 Å². The van der Waals surface area contributed by atoms with Crippen molar-refractivity contribution in [2.24, 2.45) is 0 Å². The lowest BCUT2D eigenvalue weighted by Crippen LogP contribution is -2.09. The van der Waals surface area contributed by atoms with Crippen molar-refractivity contribution in [3.8, 4) is 23.0 Å². The van der Waals surface area contributed by atoms with E-state index in [1.807, 2.05) is 0 Å². The zero-order valence-corrected chi connectivity index (χ0v) is 12.7. The number of carbonyl (C=O) groups is 2. The lowest BCUT2D eigenvalue weighted by Gasteiger charge is -2.08. The molecule has 0 atom stereocenters. The molecular weight excluding hydrogens is 300 g/mol. The fraction of sp³-hybridized carbons (Fsp3) is 0.176. The molecule has 0 unspecified atom stereocenters. The average Bonchev–Trinajstić information content (AvgIpc) is 2.53.